The van der Waals surface area contributed by atoms with Crippen molar-refractivity contribution in [3.05, 3.63) is 51.7 Å². The van der Waals surface area contributed by atoms with Gasteiger partial charge in [0.2, 0.25) is 5.13 Å². The number of nitrogens with zero attached hydrogens (tertiary/aromatic N) is 3. The number of amides is 1. The molecule has 0 bridgehead atoms. The first-order valence-corrected chi connectivity index (χ1v) is 13.2. The average Bonchev–Trinajstić information content (AvgIpc) is 3.35. The minimum atomic E-state index is -1.02. The predicted octanol–water partition coefficient (Wildman–Crippen LogP) is 5.48. The summed E-state index contributed by atoms with van der Waals surface area (Å²) in [7, 11) is 0. The van der Waals surface area contributed by atoms with Crippen molar-refractivity contribution in [1.82, 2.24) is 10.2 Å². The van der Waals surface area contributed by atoms with Crippen molar-refractivity contribution < 1.29 is 18.7 Å². The van der Waals surface area contributed by atoms with E-state index in [2.05, 4.69) is 44.8 Å². The minimum Gasteiger partial charge on any atom is -0.483 e. The molecule has 1 saturated carbocycles. The summed E-state index contributed by atoms with van der Waals surface area (Å²) in [6, 6.07) is 7.34. The Morgan fingerprint density at radius 3 is 2.51 bits per heavy atom. The van der Waals surface area contributed by atoms with E-state index in [4.69, 9.17) is 4.74 Å². The van der Waals surface area contributed by atoms with E-state index in [1.54, 1.807) is 4.90 Å². The van der Waals surface area contributed by atoms with Crippen LogP contribution >= 0.6 is 11.3 Å². The third-order valence-corrected chi connectivity index (χ3v) is 8.07. The van der Waals surface area contributed by atoms with E-state index in [-0.39, 0.29) is 29.3 Å². The predicted molar refractivity (Wildman–Crippen MR) is 133 cm³/mol. The Labute approximate surface area is 209 Å². The van der Waals surface area contributed by atoms with Gasteiger partial charge in [-0.25, -0.2) is 4.39 Å². The van der Waals surface area contributed by atoms with Crippen molar-refractivity contribution in [3.8, 4) is 0 Å². The molecule has 4 atom stereocenters. The topological polar surface area (TPSA) is 72.4 Å². The fraction of sp³-hybridized carbons (Fsp3) is 0.556. The van der Waals surface area contributed by atoms with Crippen LogP contribution in [0.4, 0.5) is 9.52 Å². The number of hydrogen-bond acceptors (Lipinski definition) is 6. The van der Waals surface area contributed by atoms with Gasteiger partial charge in [-0.1, -0.05) is 70.2 Å². The van der Waals surface area contributed by atoms with Crippen LogP contribution in [0, 0.1) is 11.8 Å². The summed E-state index contributed by atoms with van der Waals surface area (Å²) in [5.74, 6) is -0.608. The fourth-order valence-corrected chi connectivity index (χ4v) is 6.34. The number of ether oxygens (including phenoxy) is 1. The van der Waals surface area contributed by atoms with Gasteiger partial charge in [-0.05, 0) is 41.7 Å². The van der Waals surface area contributed by atoms with Gasteiger partial charge in [0.15, 0.2) is 11.5 Å². The zero-order valence-electron chi connectivity index (χ0n) is 20.9. The molecule has 1 aromatic heterocycles. The van der Waals surface area contributed by atoms with Crippen molar-refractivity contribution in [2.24, 2.45) is 11.8 Å². The van der Waals surface area contributed by atoms with Crippen LogP contribution in [0.3, 0.4) is 0 Å². The van der Waals surface area contributed by atoms with E-state index in [0.717, 1.165) is 22.6 Å². The molecule has 8 heteroatoms. The number of anilines is 1. The zero-order chi connectivity index (χ0) is 25.1. The first kappa shape index (κ1) is 24.1. The number of aromatic nitrogens is 2. The summed E-state index contributed by atoms with van der Waals surface area (Å²) in [5.41, 5.74) is 2.25. The number of benzene rings is 1. The van der Waals surface area contributed by atoms with E-state index in [0.29, 0.717) is 29.5 Å². The molecule has 0 radical (unpaired) electrons. The Morgan fingerprint density at radius 1 is 1.14 bits per heavy atom. The highest BCUT2D eigenvalue weighted by Gasteiger charge is 2.54. The lowest BCUT2D eigenvalue weighted by Crippen LogP contribution is -2.42. The smallest absolute Gasteiger partial charge is 0.296 e. The normalized spacial score (nSPS) is 26.8. The number of carbonyl (C=O) groups is 2. The molecular formula is C27H32FN3O3S. The van der Waals surface area contributed by atoms with Gasteiger partial charge in [-0.2, -0.15) is 0 Å². The fourth-order valence-electron chi connectivity index (χ4n) is 5.27. The number of alkyl halides is 1. The molecule has 35 heavy (non-hydrogen) atoms. The summed E-state index contributed by atoms with van der Waals surface area (Å²) in [6.45, 7) is 10.6. The van der Waals surface area contributed by atoms with E-state index in [1.165, 1.54) is 11.3 Å². The third kappa shape index (κ3) is 4.30. The van der Waals surface area contributed by atoms with Crippen molar-refractivity contribution in [2.75, 3.05) is 4.90 Å². The van der Waals surface area contributed by atoms with Crippen molar-refractivity contribution in [1.29, 1.82) is 0 Å². The van der Waals surface area contributed by atoms with Gasteiger partial charge >= 0.3 is 0 Å². The molecule has 3 heterocycles. The number of carbonyl (C=O) groups excluding carboxylic acids is 2. The number of rotatable bonds is 4. The highest BCUT2D eigenvalue weighted by molar-refractivity contribution is 7.15. The molecular weight excluding hydrogens is 465 g/mol. The Bertz CT molecular complexity index is 1180. The van der Waals surface area contributed by atoms with E-state index < -0.39 is 24.2 Å². The molecule has 5 rings (SSSR count). The molecule has 6 nitrogen and oxygen atoms in total. The lowest BCUT2D eigenvalue weighted by Gasteiger charge is -2.36. The first-order chi connectivity index (χ1) is 16.5. The van der Waals surface area contributed by atoms with Gasteiger partial charge < -0.3 is 4.74 Å². The standard InChI is InChI=1S/C27H32FN3O3S/c1-14(2)12-20-29-30-26(35-20)31-22(15-6-8-16(9-7-15)27(3,4)5)21-23(32)18-13-17(28)10-11-19(18)34-24(21)25(31)33/h6-9,14,17-19,22H,10-13H2,1-5H3. The number of halogens is 1. The second-order valence-corrected chi connectivity index (χ2v) is 12.3. The highest BCUT2D eigenvalue weighted by atomic mass is 32.1. The van der Waals surface area contributed by atoms with Crippen molar-refractivity contribution >= 4 is 28.2 Å². The summed E-state index contributed by atoms with van der Waals surface area (Å²) < 4.78 is 20.4. The molecule has 1 amide bonds. The molecule has 1 aliphatic carbocycles. The summed E-state index contributed by atoms with van der Waals surface area (Å²) in [5, 5.41) is 9.94. The molecule has 0 saturated heterocycles. The minimum absolute atomic E-state index is 0.0334. The largest absolute Gasteiger partial charge is 0.483 e. The van der Waals surface area contributed by atoms with Gasteiger partial charge in [-0.15, -0.1) is 10.2 Å². The second-order valence-electron chi connectivity index (χ2n) is 11.3. The highest BCUT2D eigenvalue weighted by Crippen LogP contribution is 2.49. The quantitative estimate of drug-likeness (QED) is 0.559. The lowest BCUT2D eigenvalue weighted by atomic mass is 9.77. The van der Waals surface area contributed by atoms with Gasteiger partial charge in [0, 0.05) is 6.42 Å². The van der Waals surface area contributed by atoms with Gasteiger partial charge in [0.1, 0.15) is 17.3 Å². The monoisotopic (exact) mass is 497 g/mol. The van der Waals surface area contributed by atoms with Crippen LogP contribution in [0.15, 0.2) is 35.6 Å². The summed E-state index contributed by atoms with van der Waals surface area (Å²) in [6.07, 6.45) is 0.208. The van der Waals surface area contributed by atoms with Crippen LogP contribution in [0.2, 0.25) is 0 Å². The molecule has 186 valence electrons. The average molecular weight is 498 g/mol. The number of Topliss-reactive ketones (excluding diaryl/α,β-unsaturated/α-hetero) is 1. The summed E-state index contributed by atoms with van der Waals surface area (Å²) >= 11 is 1.37. The van der Waals surface area contributed by atoms with Gasteiger partial charge in [-0.3, -0.25) is 14.5 Å². The maximum atomic E-state index is 14.3. The van der Waals surface area contributed by atoms with E-state index >= 15 is 0 Å². The number of fused-ring (bicyclic) bond motifs is 1. The molecule has 1 aromatic carbocycles. The number of hydrogen-bond donors (Lipinski definition) is 0. The van der Waals surface area contributed by atoms with Crippen LogP contribution in [0.5, 0.6) is 0 Å². The maximum Gasteiger partial charge on any atom is 0.296 e. The zero-order valence-corrected chi connectivity index (χ0v) is 21.7. The Kier molecular flexibility index (Phi) is 6.06. The van der Waals surface area contributed by atoms with Crippen LogP contribution < -0.4 is 4.90 Å². The Morgan fingerprint density at radius 2 is 1.86 bits per heavy atom. The lowest BCUT2D eigenvalue weighted by molar-refractivity contribution is -0.133. The van der Waals surface area contributed by atoms with E-state index in [9.17, 15) is 14.0 Å². The first-order valence-electron chi connectivity index (χ1n) is 12.4. The molecule has 4 unspecified atom stereocenters. The van der Waals surface area contributed by atoms with E-state index in [1.807, 2.05) is 24.3 Å². The van der Waals surface area contributed by atoms with Gasteiger partial charge in [0.25, 0.3) is 5.91 Å². The van der Waals surface area contributed by atoms with Crippen molar-refractivity contribution in [2.45, 2.75) is 84.0 Å². The number of ketones is 1. The molecule has 0 spiro atoms. The molecule has 0 N–H and O–H groups in total. The maximum absolute atomic E-state index is 14.3. The molecule has 2 aliphatic heterocycles. The Balaban J connectivity index is 1.59. The van der Waals surface area contributed by atoms with Gasteiger partial charge in [0.05, 0.1) is 17.5 Å². The summed E-state index contributed by atoms with van der Waals surface area (Å²) in [4.78, 5) is 29.0. The van der Waals surface area contributed by atoms with Crippen LogP contribution in [0.25, 0.3) is 0 Å². The van der Waals surface area contributed by atoms with Crippen LogP contribution in [-0.2, 0) is 26.2 Å². The second kappa shape index (κ2) is 8.80. The molecule has 1 fully saturated rings. The molecule has 2 aromatic rings. The van der Waals surface area contributed by atoms with Crippen LogP contribution in [0.1, 0.15) is 76.1 Å². The Hall–Kier alpha value is -2.61. The van der Waals surface area contributed by atoms with Crippen LogP contribution in [-0.4, -0.2) is 34.2 Å². The SMILES string of the molecule is CC(C)Cc1nnc(N2C(=O)C3=C(C(=O)C4CC(F)CCC4O3)C2c2ccc(C(C)(C)C)cc2)s1. The molecule has 3 aliphatic rings. The van der Waals surface area contributed by atoms with Crippen molar-refractivity contribution in [3.63, 3.8) is 0 Å². The third-order valence-electron chi connectivity index (χ3n) is 7.12.